The second-order valence-corrected chi connectivity index (χ2v) is 16.9. The lowest BCUT2D eigenvalue weighted by molar-refractivity contribution is -0.837. The minimum Gasteiger partial charge on any atom is -0.199 e. The van der Waals surface area contributed by atoms with Gasteiger partial charge < -0.3 is 0 Å². The summed E-state index contributed by atoms with van der Waals surface area (Å²) in [6, 6.07) is 9.64. The van der Waals surface area contributed by atoms with Gasteiger partial charge in [0.25, 0.3) is 0 Å². The molecular formula is C37H44N4+2. The summed E-state index contributed by atoms with van der Waals surface area (Å²) in [5, 5.41) is 2.67. The van der Waals surface area contributed by atoms with Crippen molar-refractivity contribution in [3.63, 3.8) is 0 Å². The van der Waals surface area contributed by atoms with Gasteiger partial charge in [-0.1, -0.05) is 92.2 Å². The van der Waals surface area contributed by atoms with Crippen molar-refractivity contribution >= 4 is 28.1 Å². The topological polar surface area (TPSA) is 15.9 Å². The molecule has 2 aromatic heterocycles. The summed E-state index contributed by atoms with van der Waals surface area (Å²) in [5.41, 5.74) is 13.5. The fourth-order valence-electron chi connectivity index (χ4n) is 8.80. The maximum atomic E-state index is 2.72. The third-order valence-electron chi connectivity index (χ3n) is 9.77. The van der Waals surface area contributed by atoms with Crippen molar-refractivity contribution < 1.29 is 9.15 Å². The molecule has 1 unspecified atom stereocenters. The Bertz CT molecular complexity index is 1990. The summed E-state index contributed by atoms with van der Waals surface area (Å²) >= 11 is 0. The zero-order chi connectivity index (χ0) is 29.4. The fraction of sp³-hybridized carbons (Fsp3) is 0.459. The van der Waals surface area contributed by atoms with Crippen LogP contribution in [0.25, 0.3) is 16.7 Å². The van der Waals surface area contributed by atoms with Crippen molar-refractivity contribution in [2.75, 3.05) is 0 Å². The highest BCUT2D eigenvalue weighted by molar-refractivity contribution is 6.24. The van der Waals surface area contributed by atoms with Crippen molar-refractivity contribution in [3.05, 3.63) is 87.6 Å². The third-order valence-corrected chi connectivity index (χ3v) is 9.77. The van der Waals surface area contributed by atoms with Gasteiger partial charge in [-0.05, 0) is 40.5 Å². The zero-order valence-electron chi connectivity index (χ0n) is 26.9. The Kier molecular flexibility index (Phi) is 4.20. The second-order valence-electron chi connectivity index (χ2n) is 16.9. The minimum absolute atomic E-state index is 0.0351. The monoisotopic (exact) mass is 544 g/mol. The summed E-state index contributed by atoms with van der Waals surface area (Å²) in [7, 11) is 0. The fourth-order valence-corrected chi connectivity index (χ4v) is 8.80. The molecule has 1 spiro atoms. The first-order valence-electron chi connectivity index (χ1n) is 15.3. The molecule has 0 fully saturated rings. The van der Waals surface area contributed by atoms with Crippen LogP contribution in [0.1, 0.15) is 94.5 Å². The van der Waals surface area contributed by atoms with Gasteiger partial charge >= 0.3 is 5.91 Å². The summed E-state index contributed by atoms with van der Waals surface area (Å²) in [4.78, 5) is 0. The smallest absolute Gasteiger partial charge is 0.199 e. The lowest BCUT2D eigenvalue weighted by Gasteiger charge is -2.44. The van der Waals surface area contributed by atoms with E-state index in [1.54, 1.807) is 0 Å². The van der Waals surface area contributed by atoms with Crippen molar-refractivity contribution in [1.29, 1.82) is 0 Å². The van der Waals surface area contributed by atoms with Crippen LogP contribution in [-0.4, -0.2) is 29.7 Å². The number of aromatic nitrogens is 2. The van der Waals surface area contributed by atoms with Crippen LogP contribution in [-0.2, 0) is 5.91 Å². The Balaban J connectivity index is 1.73. The van der Waals surface area contributed by atoms with Gasteiger partial charge in [0.1, 0.15) is 5.57 Å². The van der Waals surface area contributed by atoms with E-state index in [-0.39, 0.29) is 21.7 Å². The molecule has 0 N–H and O–H groups in total. The van der Waals surface area contributed by atoms with Crippen LogP contribution in [0.4, 0.5) is 0 Å². The average molecular weight is 545 g/mol. The van der Waals surface area contributed by atoms with Crippen LogP contribution in [0.3, 0.4) is 0 Å². The van der Waals surface area contributed by atoms with Crippen molar-refractivity contribution in [1.82, 2.24) is 9.13 Å². The Labute approximate surface area is 244 Å². The predicted molar refractivity (Wildman–Crippen MR) is 168 cm³/mol. The molecule has 0 radical (unpaired) electrons. The Morgan fingerprint density at radius 1 is 0.463 bits per heavy atom. The molecule has 6 aliphatic rings. The van der Waals surface area contributed by atoms with E-state index < -0.39 is 5.91 Å². The molecule has 0 saturated heterocycles. The van der Waals surface area contributed by atoms with Crippen molar-refractivity contribution in [3.8, 4) is 0 Å². The van der Waals surface area contributed by atoms with Gasteiger partial charge in [-0.15, -0.1) is 0 Å². The maximum Gasteiger partial charge on any atom is 0.553 e. The molecule has 41 heavy (non-hydrogen) atoms. The number of allylic oxidation sites excluding steroid dienone is 6. The summed E-state index contributed by atoms with van der Waals surface area (Å²) < 4.78 is 10.9. The number of hydrogen-bond acceptors (Lipinski definition) is 0. The van der Waals surface area contributed by atoms with Crippen molar-refractivity contribution in [2.24, 2.45) is 21.7 Å². The SMILES string of the molecule is CC(C)(C)C1=C2C=CC3=[N+]2C24n5c(ccc5C(C(C)(C)C)=c5ccc(n52)=C3C(C)(C)C)C(C(C)(C)C)=C2C=CC1=[N+]24. The first-order valence-corrected chi connectivity index (χ1v) is 15.3. The van der Waals surface area contributed by atoms with Crippen LogP contribution < -0.4 is 10.7 Å². The van der Waals surface area contributed by atoms with E-state index in [4.69, 9.17) is 0 Å². The third kappa shape index (κ3) is 2.65. The van der Waals surface area contributed by atoms with E-state index >= 15 is 0 Å². The normalized spacial score (nSPS) is 24.0. The minimum atomic E-state index is -0.600. The highest BCUT2D eigenvalue weighted by Crippen LogP contribution is 2.55. The summed E-state index contributed by atoms with van der Waals surface area (Å²) in [6.45, 7) is 28.5. The van der Waals surface area contributed by atoms with Crippen LogP contribution in [0.15, 0.2) is 65.5 Å². The first kappa shape index (κ1) is 25.3. The Hall–Kier alpha value is -3.40. The molecule has 0 bridgehead atoms. The van der Waals surface area contributed by atoms with Crippen LogP contribution >= 0.6 is 0 Å². The molecule has 210 valence electrons. The second kappa shape index (κ2) is 6.80. The Morgan fingerprint density at radius 2 is 0.878 bits per heavy atom. The molecule has 4 nitrogen and oxygen atoms in total. The van der Waals surface area contributed by atoms with Gasteiger partial charge in [0, 0.05) is 35.3 Å². The number of rotatable bonds is 0. The lowest BCUT2D eigenvalue weighted by atomic mass is 9.79. The van der Waals surface area contributed by atoms with Crippen LogP contribution in [0.2, 0.25) is 0 Å². The van der Waals surface area contributed by atoms with E-state index in [2.05, 4.69) is 150 Å². The summed E-state index contributed by atoms with van der Waals surface area (Å²) in [6.07, 6.45) is 9.64. The van der Waals surface area contributed by atoms with E-state index in [0.717, 1.165) is 0 Å². The average Bonchev–Trinajstić information content (AvgIpc) is 3.59. The quantitative estimate of drug-likeness (QED) is 0.346. The molecule has 0 amide bonds. The molecule has 1 atom stereocenters. The van der Waals surface area contributed by atoms with Crippen LogP contribution in [0.5, 0.6) is 0 Å². The molecule has 6 aliphatic heterocycles. The van der Waals surface area contributed by atoms with Crippen LogP contribution in [0, 0.1) is 21.7 Å². The summed E-state index contributed by atoms with van der Waals surface area (Å²) in [5.74, 6) is -0.600. The molecule has 0 saturated carbocycles. The number of hydrogen-bond donors (Lipinski definition) is 0. The molecule has 8 heterocycles. The first-order chi connectivity index (χ1) is 18.9. The van der Waals surface area contributed by atoms with Gasteiger partial charge in [0.15, 0.2) is 0 Å². The molecule has 4 heteroatoms. The standard InChI is InChI=1S/C37H44N4/c1-33(2,3)29-21-13-15-23-30(34(4,5)6)25-17-19-27-32(36(10,11)12)28-20-18-26-31(35(7,8)9)24-16-14-22(29)39(24)37(38(21)23,40(25)27)41(26)28/h13-20H,1-12H3/q+2. The van der Waals surface area contributed by atoms with Gasteiger partial charge in [0.05, 0.1) is 33.2 Å². The molecule has 8 rings (SSSR count). The highest BCUT2D eigenvalue weighted by atomic mass is 15.6. The zero-order valence-corrected chi connectivity index (χ0v) is 26.9. The van der Waals surface area contributed by atoms with E-state index in [9.17, 15) is 0 Å². The van der Waals surface area contributed by atoms with Gasteiger partial charge in [-0.25, -0.2) is 0 Å². The predicted octanol–water partition coefficient (Wildman–Crippen LogP) is 6.31. The molecule has 2 aromatic rings. The van der Waals surface area contributed by atoms with E-state index in [0.29, 0.717) is 0 Å². The maximum absolute atomic E-state index is 2.72. The van der Waals surface area contributed by atoms with Crippen molar-refractivity contribution in [2.45, 2.75) is 89.0 Å². The van der Waals surface area contributed by atoms with Gasteiger partial charge in [0.2, 0.25) is 22.8 Å². The molecule has 0 aliphatic carbocycles. The molecule has 0 aromatic carbocycles. The highest BCUT2D eigenvalue weighted by Gasteiger charge is 2.74. The van der Waals surface area contributed by atoms with E-state index in [1.807, 2.05) is 0 Å². The molecular weight excluding hydrogens is 500 g/mol. The van der Waals surface area contributed by atoms with E-state index in [1.165, 1.54) is 67.2 Å². The largest absolute Gasteiger partial charge is 0.553 e. The Morgan fingerprint density at radius 3 is 1.37 bits per heavy atom. The number of nitrogens with zero attached hydrogens (tertiary/aromatic N) is 4. The van der Waals surface area contributed by atoms with Gasteiger partial charge in [-0.2, -0.15) is 9.13 Å². The van der Waals surface area contributed by atoms with Gasteiger partial charge in [-0.3, -0.25) is 0 Å². The lowest BCUT2D eigenvalue weighted by Crippen LogP contribution is -2.72.